The third-order valence-electron chi connectivity index (χ3n) is 4.10. The second kappa shape index (κ2) is 8.96. The molecule has 0 spiro atoms. The van der Waals surface area contributed by atoms with Crippen LogP contribution < -0.4 is 16.6 Å². The number of nitrogens with one attached hydrogen (secondary N) is 2. The Morgan fingerprint density at radius 1 is 1.09 bits per heavy atom. The summed E-state index contributed by atoms with van der Waals surface area (Å²) >= 11 is 0. The SMILES string of the molecule is CC1NNC(C)C1S(=O)(=O)N(CCN)CCc1ccccc1.Cl. The molecule has 8 heteroatoms. The molecule has 23 heavy (non-hydrogen) atoms. The maximum atomic E-state index is 13.0. The van der Waals surface area contributed by atoms with Crippen molar-refractivity contribution >= 4 is 22.4 Å². The Hall–Kier alpha value is -0.700. The lowest BCUT2D eigenvalue weighted by molar-refractivity contribution is 0.407. The van der Waals surface area contributed by atoms with Gasteiger partial charge in [0.05, 0.1) is 0 Å². The van der Waals surface area contributed by atoms with E-state index in [-0.39, 0.29) is 24.5 Å². The molecule has 1 fully saturated rings. The zero-order valence-electron chi connectivity index (χ0n) is 13.6. The van der Waals surface area contributed by atoms with E-state index in [9.17, 15) is 8.42 Å². The van der Waals surface area contributed by atoms with E-state index in [2.05, 4.69) is 10.9 Å². The van der Waals surface area contributed by atoms with Gasteiger partial charge in [-0.25, -0.2) is 8.42 Å². The highest BCUT2D eigenvalue weighted by atomic mass is 35.5. The van der Waals surface area contributed by atoms with E-state index in [1.54, 1.807) is 0 Å². The van der Waals surface area contributed by atoms with Gasteiger partial charge < -0.3 is 5.73 Å². The number of hydrazine groups is 1. The summed E-state index contributed by atoms with van der Waals surface area (Å²) in [5.74, 6) is 0. The Balaban J connectivity index is 0.00000264. The van der Waals surface area contributed by atoms with Crippen molar-refractivity contribution in [2.75, 3.05) is 19.6 Å². The lowest BCUT2D eigenvalue weighted by Crippen LogP contribution is -2.48. The first-order valence-corrected chi connectivity index (χ1v) is 9.21. The average molecular weight is 363 g/mol. The van der Waals surface area contributed by atoms with E-state index < -0.39 is 15.3 Å². The molecule has 1 saturated heterocycles. The van der Waals surface area contributed by atoms with Gasteiger partial charge in [0.1, 0.15) is 5.25 Å². The van der Waals surface area contributed by atoms with Crippen molar-refractivity contribution in [1.29, 1.82) is 0 Å². The summed E-state index contributed by atoms with van der Waals surface area (Å²) in [6.45, 7) is 4.90. The van der Waals surface area contributed by atoms with Crippen LogP contribution in [0.3, 0.4) is 0 Å². The number of nitrogens with two attached hydrogens (primary N) is 1. The quantitative estimate of drug-likeness (QED) is 0.657. The van der Waals surface area contributed by atoms with Gasteiger partial charge in [-0.05, 0) is 25.8 Å². The summed E-state index contributed by atoms with van der Waals surface area (Å²) in [6.07, 6.45) is 0.691. The largest absolute Gasteiger partial charge is 0.329 e. The highest BCUT2D eigenvalue weighted by Crippen LogP contribution is 2.20. The van der Waals surface area contributed by atoms with Crippen molar-refractivity contribution in [3.05, 3.63) is 35.9 Å². The van der Waals surface area contributed by atoms with E-state index >= 15 is 0 Å². The third-order valence-corrected chi connectivity index (χ3v) is 6.69. The van der Waals surface area contributed by atoms with Crippen molar-refractivity contribution < 1.29 is 8.42 Å². The van der Waals surface area contributed by atoms with Crippen molar-refractivity contribution in [1.82, 2.24) is 15.2 Å². The summed E-state index contributed by atoms with van der Waals surface area (Å²) in [6, 6.07) is 9.65. The Morgan fingerprint density at radius 3 is 2.17 bits per heavy atom. The van der Waals surface area contributed by atoms with E-state index in [0.717, 1.165) is 5.56 Å². The van der Waals surface area contributed by atoms with E-state index in [1.807, 2.05) is 44.2 Å². The molecule has 0 aromatic heterocycles. The zero-order chi connectivity index (χ0) is 16.2. The van der Waals surface area contributed by atoms with Crippen LogP contribution in [0.2, 0.25) is 0 Å². The number of rotatable bonds is 7. The lowest BCUT2D eigenvalue weighted by Gasteiger charge is -2.28. The van der Waals surface area contributed by atoms with E-state index in [1.165, 1.54) is 4.31 Å². The molecule has 1 aliphatic rings. The first kappa shape index (κ1) is 20.3. The minimum atomic E-state index is -3.40. The molecule has 2 rings (SSSR count). The van der Waals surface area contributed by atoms with Crippen LogP contribution in [0.4, 0.5) is 0 Å². The number of benzene rings is 1. The van der Waals surface area contributed by atoms with Crippen molar-refractivity contribution in [2.45, 2.75) is 37.6 Å². The molecule has 0 radical (unpaired) electrons. The smallest absolute Gasteiger partial charge is 0.220 e. The van der Waals surface area contributed by atoms with Gasteiger partial charge in [-0.1, -0.05) is 30.3 Å². The fraction of sp³-hybridized carbons (Fsp3) is 0.600. The van der Waals surface area contributed by atoms with Crippen LogP contribution in [0.5, 0.6) is 0 Å². The average Bonchev–Trinajstić information content (AvgIpc) is 2.84. The van der Waals surface area contributed by atoms with Gasteiger partial charge in [0.15, 0.2) is 0 Å². The van der Waals surface area contributed by atoms with Gasteiger partial charge in [0.25, 0.3) is 0 Å². The number of sulfonamides is 1. The van der Waals surface area contributed by atoms with Crippen LogP contribution in [-0.2, 0) is 16.4 Å². The summed E-state index contributed by atoms with van der Waals surface area (Å²) in [5, 5.41) is -0.477. The summed E-state index contributed by atoms with van der Waals surface area (Å²) in [7, 11) is -3.40. The standard InChI is InChI=1S/C15H26N4O2S.ClH/c1-12-15(13(2)18-17-12)22(20,21)19(11-9-16)10-8-14-6-4-3-5-7-14;/h3-7,12-13,15,17-18H,8-11,16H2,1-2H3;1H. The molecule has 0 aliphatic carbocycles. The minimum Gasteiger partial charge on any atom is -0.329 e. The Morgan fingerprint density at radius 2 is 1.65 bits per heavy atom. The molecule has 0 saturated carbocycles. The summed E-state index contributed by atoms with van der Waals surface area (Å²) < 4.78 is 27.4. The number of halogens is 1. The van der Waals surface area contributed by atoms with Crippen molar-refractivity contribution in [2.24, 2.45) is 5.73 Å². The highest BCUT2D eigenvalue weighted by molar-refractivity contribution is 7.89. The van der Waals surface area contributed by atoms with Crippen LogP contribution >= 0.6 is 12.4 Å². The van der Waals surface area contributed by atoms with Gasteiger partial charge in [-0.2, -0.15) is 4.31 Å². The molecule has 132 valence electrons. The number of nitrogens with zero attached hydrogens (tertiary/aromatic N) is 1. The monoisotopic (exact) mass is 362 g/mol. The molecule has 1 aromatic carbocycles. The van der Waals surface area contributed by atoms with Gasteiger partial charge in [0, 0.05) is 31.7 Å². The maximum absolute atomic E-state index is 13.0. The van der Waals surface area contributed by atoms with E-state index in [0.29, 0.717) is 26.1 Å². The van der Waals surface area contributed by atoms with Gasteiger partial charge >= 0.3 is 0 Å². The van der Waals surface area contributed by atoms with Crippen LogP contribution in [0.1, 0.15) is 19.4 Å². The van der Waals surface area contributed by atoms with Crippen LogP contribution in [0.15, 0.2) is 30.3 Å². The van der Waals surface area contributed by atoms with Crippen LogP contribution in [-0.4, -0.2) is 49.7 Å². The predicted molar refractivity (Wildman–Crippen MR) is 95.9 cm³/mol. The molecule has 4 N–H and O–H groups in total. The molecule has 0 amide bonds. The molecule has 2 atom stereocenters. The summed E-state index contributed by atoms with van der Waals surface area (Å²) in [5.41, 5.74) is 12.8. The topological polar surface area (TPSA) is 87.5 Å². The minimum absolute atomic E-state index is 0. The lowest BCUT2D eigenvalue weighted by atomic mass is 10.1. The molecule has 2 unspecified atom stereocenters. The zero-order valence-corrected chi connectivity index (χ0v) is 15.2. The summed E-state index contributed by atoms with van der Waals surface area (Å²) in [4.78, 5) is 0. The number of hydrogen-bond donors (Lipinski definition) is 3. The third kappa shape index (κ3) is 4.89. The second-order valence-electron chi connectivity index (χ2n) is 5.80. The molecular formula is C15H27ClN4O2S. The maximum Gasteiger partial charge on any atom is 0.220 e. The highest BCUT2D eigenvalue weighted by Gasteiger charge is 2.43. The normalized spacial score (nSPS) is 24.6. The molecule has 1 heterocycles. The van der Waals surface area contributed by atoms with Crippen molar-refractivity contribution in [3.8, 4) is 0 Å². The molecule has 1 aliphatic heterocycles. The van der Waals surface area contributed by atoms with Crippen molar-refractivity contribution in [3.63, 3.8) is 0 Å². The van der Waals surface area contributed by atoms with E-state index in [4.69, 9.17) is 5.73 Å². The molecule has 6 nitrogen and oxygen atoms in total. The molecular weight excluding hydrogens is 336 g/mol. The second-order valence-corrected chi connectivity index (χ2v) is 7.89. The Kier molecular flexibility index (Phi) is 7.93. The fourth-order valence-corrected chi connectivity index (χ4v) is 5.17. The predicted octanol–water partition coefficient (Wildman–Crippen LogP) is 0.495. The fourth-order valence-electron chi connectivity index (χ4n) is 2.96. The Bertz CT molecular complexity index is 560. The molecule has 0 bridgehead atoms. The van der Waals surface area contributed by atoms with Gasteiger partial charge in [-0.15, -0.1) is 12.4 Å². The first-order valence-electron chi connectivity index (χ1n) is 7.71. The van der Waals surface area contributed by atoms with Gasteiger partial charge in [-0.3, -0.25) is 10.9 Å². The number of hydrogen-bond acceptors (Lipinski definition) is 5. The van der Waals surface area contributed by atoms with Gasteiger partial charge in [0.2, 0.25) is 10.0 Å². The van der Waals surface area contributed by atoms with Crippen LogP contribution in [0, 0.1) is 0 Å². The van der Waals surface area contributed by atoms with Crippen LogP contribution in [0.25, 0.3) is 0 Å². The molecule has 1 aromatic rings. The Labute approximate surface area is 145 Å². The first-order chi connectivity index (χ1) is 10.5.